The monoisotopic (exact) mass is 186 g/mol. The Hall–Kier alpha value is -1.26. The summed E-state index contributed by atoms with van der Waals surface area (Å²) in [6.45, 7) is 1.54. The molecule has 0 aromatic rings. The molecule has 3 N–H and O–H groups in total. The van der Waals surface area contributed by atoms with Crippen molar-refractivity contribution in [3.63, 3.8) is 0 Å². The Balaban J connectivity index is 2.67. The smallest absolute Gasteiger partial charge is 0.329 e. The summed E-state index contributed by atoms with van der Waals surface area (Å²) in [6, 6.07) is -0.447. The molecule has 0 spiro atoms. The highest BCUT2D eigenvalue weighted by Gasteiger charge is 2.48. The Kier molecular flexibility index (Phi) is 2.45. The van der Waals surface area contributed by atoms with Crippen LogP contribution in [-0.2, 0) is 4.79 Å². The number of aliphatic carboxylic acids is 1. The van der Waals surface area contributed by atoms with Crippen LogP contribution in [0.4, 0.5) is 4.79 Å². The van der Waals surface area contributed by atoms with Gasteiger partial charge in [0, 0.05) is 7.05 Å². The molecule has 0 heterocycles. The molecule has 0 aromatic carbocycles. The molecule has 0 bridgehead atoms. The van der Waals surface area contributed by atoms with E-state index in [0.717, 1.165) is 12.8 Å². The van der Waals surface area contributed by atoms with Crippen LogP contribution < -0.4 is 10.6 Å². The fraction of sp³-hybridized carbons (Fsp3) is 0.750. The van der Waals surface area contributed by atoms with Crippen LogP contribution in [0.2, 0.25) is 0 Å². The number of hydrogen-bond acceptors (Lipinski definition) is 2. The summed E-state index contributed by atoms with van der Waals surface area (Å²) in [6.07, 6.45) is 1.74. The van der Waals surface area contributed by atoms with E-state index in [2.05, 4.69) is 10.6 Å². The molecular weight excluding hydrogens is 172 g/mol. The lowest BCUT2D eigenvalue weighted by molar-refractivity contribution is -0.144. The van der Waals surface area contributed by atoms with Gasteiger partial charge in [-0.25, -0.2) is 9.59 Å². The molecule has 1 aliphatic rings. The van der Waals surface area contributed by atoms with Gasteiger partial charge in [-0.15, -0.1) is 0 Å². The maximum atomic E-state index is 11.0. The first-order valence-electron chi connectivity index (χ1n) is 4.24. The number of amides is 2. The minimum atomic E-state index is -1.11. The average Bonchev–Trinajstić information content (AvgIpc) is 2.85. The number of carbonyl (C=O) groups excluding carboxylic acids is 1. The third-order valence-corrected chi connectivity index (χ3v) is 2.44. The molecular formula is C8H14N2O3. The highest BCUT2D eigenvalue weighted by Crippen LogP contribution is 2.39. The first-order chi connectivity index (χ1) is 6.00. The van der Waals surface area contributed by atoms with Gasteiger partial charge in [0.1, 0.15) is 5.54 Å². The molecule has 1 rings (SSSR count). The number of carboxylic acids is 1. The first kappa shape index (κ1) is 9.83. The van der Waals surface area contributed by atoms with Crippen LogP contribution in [0, 0.1) is 5.92 Å². The number of nitrogens with one attached hydrogen (secondary N) is 2. The van der Waals surface area contributed by atoms with Gasteiger partial charge in [0.25, 0.3) is 0 Å². The summed E-state index contributed by atoms with van der Waals surface area (Å²) in [7, 11) is 1.46. The molecule has 0 radical (unpaired) electrons. The standard InChI is InChI=1S/C8H14N2O3/c1-8(6(11)12,5-3-4-5)10-7(13)9-2/h5H,3-4H2,1-2H3,(H,11,12)(H2,9,10,13). The quantitative estimate of drug-likeness (QED) is 0.587. The predicted molar refractivity (Wildman–Crippen MR) is 46.4 cm³/mol. The number of rotatable bonds is 3. The highest BCUT2D eigenvalue weighted by atomic mass is 16.4. The molecule has 1 saturated carbocycles. The van der Waals surface area contributed by atoms with Crippen molar-refractivity contribution < 1.29 is 14.7 Å². The van der Waals surface area contributed by atoms with E-state index in [0.29, 0.717) is 0 Å². The molecule has 74 valence electrons. The Morgan fingerprint density at radius 2 is 2.00 bits per heavy atom. The van der Waals surface area contributed by atoms with E-state index in [9.17, 15) is 9.59 Å². The Morgan fingerprint density at radius 1 is 1.46 bits per heavy atom. The van der Waals surface area contributed by atoms with E-state index in [-0.39, 0.29) is 5.92 Å². The zero-order chi connectivity index (χ0) is 10.1. The van der Waals surface area contributed by atoms with Crippen molar-refractivity contribution in [1.82, 2.24) is 10.6 Å². The number of urea groups is 1. The van der Waals surface area contributed by atoms with Gasteiger partial charge in [-0.05, 0) is 25.7 Å². The molecule has 1 aliphatic carbocycles. The molecule has 0 aromatic heterocycles. The van der Waals surface area contributed by atoms with Crippen molar-refractivity contribution in [1.29, 1.82) is 0 Å². The van der Waals surface area contributed by atoms with Crippen molar-refractivity contribution >= 4 is 12.0 Å². The Bertz CT molecular complexity index is 238. The predicted octanol–water partition coefficient (Wildman–Crippen LogP) is 0.169. The van der Waals surface area contributed by atoms with Crippen LogP contribution in [0.1, 0.15) is 19.8 Å². The molecule has 2 amide bonds. The summed E-state index contributed by atoms with van der Waals surface area (Å²) < 4.78 is 0. The van der Waals surface area contributed by atoms with Crippen LogP contribution in [0.5, 0.6) is 0 Å². The minimum Gasteiger partial charge on any atom is -0.480 e. The van der Waals surface area contributed by atoms with Crippen molar-refractivity contribution in [2.75, 3.05) is 7.05 Å². The maximum Gasteiger partial charge on any atom is 0.329 e. The molecule has 1 unspecified atom stereocenters. The second-order valence-corrected chi connectivity index (χ2v) is 3.49. The summed E-state index contributed by atoms with van der Waals surface area (Å²) in [5, 5.41) is 13.7. The van der Waals surface area contributed by atoms with E-state index in [4.69, 9.17) is 5.11 Å². The number of hydrogen-bond donors (Lipinski definition) is 3. The highest BCUT2D eigenvalue weighted by molar-refractivity contribution is 5.86. The Labute approximate surface area is 76.5 Å². The molecule has 1 fully saturated rings. The first-order valence-corrected chi connectivity index (χ1v) is 4.24. The molecule has 0 saturated heterocycles. The number of carbonyl (C=O) groups is 2. The van der Waals surface area contributed by atoms with Gasteiger partial charge in [0.2, 0.25) is 0 Å². The van der Waals surface area contributed by atoms with E-state index >= 15 is 0 Å². The molecule has 5 heteroatoms. The normalized spacial score (nSPS) is 20.2. The lowest BCUT2D eigenvalue weighted by Gasteiger charge is -2.25. The van der Waals surface area contributed by atoms with Crippen LogP contribution in [0.15, 0.2) is 0 Å². The second kappa shape index (κ2) is 3.24. The average molecular weight is 186 g/mol. The summed E-state index contributed by atoms with van der Waals surface area (Å²) in [5.74, 6) is -0.902. The van der Waals surface area contributed by atoms with Crippen LogP contribution >= 0.6 is 0 Å². The van der Waals surface area contributed by atoms with E-state index in [1.54, 1.807) is 6.92 Å². The van der Waals surface area contributed by atoms with Crippen molar-refractivity contribution in [3.05, 3.63) is 0 Å². The molecule has 5 nitrogen and oxygen atoms in total. The van der Waals surface area contributed by atoms with Crippen molar-refractivity contribution in [2.24, 2.45) is 5.92 Å². The third kappa shape index (κ3) is 1.91. The third-order valence-electron chi connectivity index (χ3n) is 2.44. The van der Waals surface area contributed by atoms with Gasteiger partial charge < -0.3 is 15.7 Å². The lowest BCUT2D eigenvalue weighted by Crippen LogP contribution is -2.56. The van der Waals surface area contributed by atoms with Gasteiger partial charge in [0.15, 0.2) is 0 Å². The maximum absolute atomic E-state index is 11.0. The van der Waals surface area contributed by atoms with Gasteiger partial charge >= 0.3 is 12.0 Å². The zero-order valence-electron chi connectivity index (χ0n) is 7.76. The van der Waals surface area contributed by atoms with Crippen LogP contribution in [0.3, 0.4) is 0 Å². The molecule has 1 atom stereocenters. The topological polar surface area (TPSA) is 78.4 Å². The Morgan fingerprint density at radius 3 is 2.31 bits per heavy atom. The zero-order valence-corrected chi connectivity index (χ0v) is 7.76. The van der Waals surface area contributed by atoms with Gasteiger partial charge in [-0.2, -0.15) is 0 Å². The van der Waals surface area contributed by atoms with E-state index < -0.39 is 17.5 Å². The van der Waals surface area contributed by atoms with Gasteiger partial charge in [0.05, 0.1) is 0 Å². The largest absolute Gasteiger partial charge is 0.480 e. The second-order valence-electron chi connectivity index (χ2n) is 3.49. The fourth-order valence-corrected chi connectivity index (χ4v) is 1.29. The lowest BCUT2D eigenvalue weighted by atomic mass is 9.96. The SMILES string of the molecule is CNC(=O)NC(C)(C(=O)O)C1CC1. The van der Waals surface area contributed by atoms with E-state index in [1.807, 2.05) is 0 Å². The van der Waals surface area contributed by atoms with Gasteiger partial charge in [-0.3, -0.25) is 0 Å². The summed E-state index contributed by atoms with van der Waals surface area (Å²) in [4.78, 5) is 21.9. The van der Waals surface area contributed by atoms with Gasteiger partial charge in [-0.1, -0.05) is 0 Å². The summed E-state index contributed by atoms with van der Waals surface area (Å²) >= 11 is 0. The fourth-order valence-electron chi connectivity index (χ4n) is 1.29. The van der Waals surface area contributed by atoms with Crippen LogP contribution in [0.25, 0.3) is 0 Å². The minimum absolute atomic E-state index is 0.0716. The molecule has 13 heavy (non-hydrogen) atoms. The number of carboxylic acid groups (broad SMARTS) is 1. The summed E-state index contributed by atoms with van der Waals surface area (Å²) in [5.41, 5.74) is -1.11. The van der Waals surface area contributed by atoms with Crippen molar-refractivity contribution in [3.8, 4) is 0 Å². The van der Waals surface area contributed by atoms with E-state index in [1.165, 1.54) is 7.05 Å². The van der Waals surface area contributed by atoms with Crippen molar-refractivity contribution in [2.45, 2.75) is 25.3 Å². The molecule has 0 aliphatic heterocycles. The van der Waals surface area contributed by atoms with Crippen LogP contribution in [-0.4, -0.2) is 29.7 Å².